The number of hydrogen-bond acceptors (Lipinski definition) is 3. The summed E-state index contributed by atoms with van der Waals surface area (Å²) in [4.78, 5) is 12.9. The molecule has 2 N–H and O–H groups in total. The van der Waals surface area contributed by atoms with Crippen LogP contribution in [0.5, 0.6) is 0 Å². The van der Waals surface area contributed by atoms with Crippen LogP contribution in [0, 0.1) is 0 Å². The Morgan fingerprint density at radius 1 is 1.35 bits per heavy atom. The summed E-state index contributed by atoms with van der Waals surface area (Å²) >= 11 is 0. The van der Waals surface area contributed by atoms with Crippen LogP contribution in [0.4, 0.5) is 0 Å². The minimum Gasteiger partial charge on any atom is -0.481 e. The molecule has 1 unspecified atom stereocenters. The lowest BCUT2D eigenvalue weighted by Crippen LogP contribution is -2.45. The smallest absolute Gasteiger partial charge is 0.303 e. The fourth-order valence-corrected chi connectivity index (χ4v) is 2.75. The molecule has 1 atom stereocenters. The SMILES string of the molecule is O=C(O)CCCNC1CCCN(Cc2ccccc2)C1. The Morgan fingerprint density at radius 3 is 2.90 bits per heavy atom. The summed E-state index contributed by atoms with van der Waals surface area (Å²) in [7, 11) is 0. The third kappa shape index (κ3) is 5.31. The molecular formula is C16H24N2O2. The summed E-state index contributed by atoms with van der Waals surface area (Å²) in [6.45, 7) is 4.02. The Bertz CT molecular complexity index is 408. The first-order valence-corrected chi connectivity index (χ1v) is 7.45. The molecule has 1 aromatic carbocycles. The van der Waals surface area contributed by atoms with Gasteiger partial charge in [0.25, 0.3) is 0 Å². The minimum atomic E-state index is -0.707. The van der Waals surface area contributed by atoms with Crippen LogP contribution in [-0.2, 0) is 11.3 Å². The van der Waals surface area contributed by atoms with Gasteiger partial charge >= 0.3 is 5.97 Å². The first-order valence-electron chi connectivity index (χ1n) is 7.45. The fourth-order valence-electron chi connectivity index (χ4n) is 2.75. The van der Waals surface area contributed by atoms with E-state index in [1.165, 1.54) is 18.4 Å². The van der Waals surface area contributed by atoms with E-state index in [0.29, 0.717) is 12.5 Å². The van der Waals surface area contributed by atoms with Crippen molar-refractivity contribution in [3.63, 3.8) is 0 Å². The van der Waals surface area contributed by atoms with E-state index in [4.69, 9.17) is 5.11 Å². The summed E-state index contributed by atoms with van der Waals surface area (Å²) in [5.74, 6) is -0.707. The van der Waals surface area contributed by atoms with Gasteiger partial charge in [0.05, 0.1) is 0 Å². The maximum atomic E-state index is 10.5. The third-order valence-corrected chi connectivity index (χ3v) is 3.75. The molecule has 0 saturated carbocycles. The van der Waals surface area contributed by atoms with E-state index in [2.05, 4.69) is 34.5 Å². The average Bonchev–Trinajstić information content (AvgIpc) is 2.45. The molecule has 4 nitrogen and oxygen atoms in total. The highest BCUT2D eigenvalue weighted by atomic mass is 16.4. The maximum Gasteiger partial charge on any atom is 0.303 e. The molecule has 0 aromatic heterocycles. The number of piperidine rings is 1. The second-order valence-corrected chi connectivity index (χ2v) is 5.51. The Morgan fingerprint density at radius 2 is 2.15 bits per heavy atom. The van der Waals surface area contributed by atoms with E-state index in [9.17, 15) is 4.79 Å². The number of carboxylic acid groups (broad SMARTS) is 1. The Hall–Kier alpha value is -1.39. The lowest BCUT2D eigenvalue weighted by Gasteiger charge is -2.33. The number of nitrogens with zero attached hydrogens (tertiary/aromatic N) is 1. The molecule has 0 aliphatic carbocycles. The van der Waals surface area contributed by atoms with Crippen molar-refractivity contribution in [2.45, 2.75) is 38.3 Å². The summed E-state index contributed by atoms with van der Waals surface area (Å²) in [5.41, 5.74) is 1.36. The van der Waals surface area contributed by atoms with Gasteiger partial charge in [-0.3, -0.25) is 9.69 Å². The highest BCUT2D eigenvalue weighted by Gasteiger charge is 2.19. The standard InChI is InChI=1S/C16H24N2O2/c19-16(20)9-4-10-17-15-8-5-11-18(13-15)12-14-6-2-1-3-7-14/h1-3,6-7,15,17H,4-5,8-13H2,(H,19,20). The van der Waals surface area contributed by atoms with Crippen molar-refractivity contribution >= 4 is 5.97 Å². The van der Waals surface area contributed by atoms with Gasteiger partial charge in [0.1, 0.15) is 0 Å². The monoisotopic (exact) mass is 276 g/mol. The largest absolute Gasteiger partial charge is 0.481 e. The number of benzene rings is 1. The van der Waals surface area contributed by atoms with Crippen LogP contribution >= 0.6 is 0 Å². The molecular weight excluding hydrogens is 252 g/mol. The van der Waals surface area contributed by atoms with E-state index in [1.807, 2.05) is 6.07 Å². The number of aliphatic carboxylic acids is 1. The number of rotatable bonds is 7. The van der Waals surface area contributed by atoms with Crippen molar-refractivity contribution in [1.29, 1.82) is 0 Å². The molecule has 4 heteroatoms. The predicted molar refractivity (Wildman–Crippen MR) is 79.6 cm³/mol. The summed E-state index contributed by atoms with van der Waals surface area (Å²) in [6.07, 6.45) is 3.37. The number of carbonyl (C=O) groups is 1. The van der Waals surface area contributed by atoms with Crippen LogP contribution in [0.2, 0.25) is 0 Å². The van der Waals surface area contributed by atoms with Crippen molar-refractivity contribution in [1.82, 2.24) is 10.2 Å². The summed E-state index contributed by atoms with van der Waals surface area (Å²) in [5, 5.41) is 12.1. The molecule has 0 spiro atoms. The van der Waals surface area contributed by atoms with Crippen LogP contribution < -0.4 is 5.32 Å². The third-order valence-electron chi connectivity index (χ3n) is 3.75. The van der Waals surface area contributed by atoms with Crippen molar-refractivity contribution in [2.24, 2.45) is 0 Å². The van der Waals surface area contributed by atoms with Crippen molar-refractivity contribution in [2.75, 3.05) is 19.6 Å². The molecule has 110 valence electrons. The molecule has 1 aliphatic rings. The van der Waals surface area contributed by atoms with E-state index in [0.717, 1.165) is 26.2 Å². The second kappa shape index (κ2) is 8.02. The topological polar surface area (TPSA) is 52.6 Å². The minimum absolute atomic E-state index is 0.257. The van der Waals surface area contributed by atoms with E-state index < -0.39 is 5.97 Å². The van der Waals surface area contributed by atoms with Crippen LogP contribution in [0.25, 0.3) is 0 Å². The number of hydrogen-bond donors (Lipinski definition) is 2. The van der Waals surface area contributed by atoms with Gasteiger partial charge in [-0.05, 0) is 37.9 Å². The highest BCUT2D eigenvalue weighted by molar-refractivity contribution is 5.66. The Balaban J connectivity index is 1.70. The molecule has 1 aromatic rings. The van der Waals surface area contributed by atoms with Crippen LogP contribution in [0.15, 0.2) is 30.3 Å². The number of nitrogens with one attached hydrogen (secondary N) is 1. The van der Waals surface area contributed by atoms with Crippen molar-refractivity contribution < 1.29 is 9.90 Å². The zero-order valence-corrected chi connectivity index (χ0v) is 11.9. The number of carboxylic acids is 1. The fraction of sp³-hybridized carbons (Fsp3) is 0.562. The van der Waals surface area contributed by atoms with E-state index >= 15 is 0 Å². The van der Waals surface area contributed by atoms with Gasteiger partial charge in [-0.1, -0.05) is 30.3 Å². The lowest BCUT2D eigenvalue weighted by molar-refractivity contribution is -0.137. The van der Waals surface area contributed by atoms with Gasteiger partial charge in [-0.15, -0.1) is 0 Å². The molecule has 0 amide bonds. The second-order valence-electron chi connectivity index (χ2n) is 5.51. The van der Waals surface area contributed by atoms with E-state index in [-0.39, 0.29) is 6.42 Å². The van der Waals surface area contributed by atoms with Crippen molar-refractivity contribution in [3.05, 3.63) is 35.9 Å². The van der Waals surface area contributed by atoms with Crippen LogP contribution in [0.1, 0.15) is 31.2 Å². The molecule has 0 bridgehead atoms. The molecule has 20 heavy (non-hydrogen) atoms. The van der Waals surface area contributed by atoms with Gasteiger partial charge in [0, 0.05) is 25.6 Å². The average molecular weight is 276 g/mol. The zero-order chi connectivity index (χ0) is 14.2. The molecule has 1 heterocycles. The first kappa shape index (κ1) is 15.0. The van der Waals surface area contributed by atoms with Gasteiger partial charge < -0.3 is 10.4 Å². The maximum absolute atomic E-state index is 10.5. The van der Waals surface area contributed by atoms with E-state index in [1.54, 1.807) is 0 Å². The molecule has 0 radical (unpaired) electrons. The summed E-state index contributed by atoms with van der Waals surface area (Å²) in [6, 6.07) is 11.1. The molecule has 1 saturated heterocycles. The molecule has 1 aliphatic heterocycles. The van der Waals surface area contributed by atoms with Crippen LogP contribution in [-0.4, -0.2) is 41.7 Å². The molecule has 1 fully saturated rings. The van der Waals surface area contributed by atoms with Gasteiger partial charge in [0.2, 0.25) is 0 Å². The van der Waals surface area contributed by atoms with Crippen LogP contribution in [0.3, 0.4) is 0 Å². The van der Waals surface area contributed by atoms with Gasteiger partial charge in [-0.25, -0.2) is 0 Å². The Kier molecular flexibility index (Phi) is 6.02. The zero-order valence-electron chi connectivity index (χ0n) is 11.9. The Labute approximate surface area is 120 Å². The predicted octanol–water partition coefficient (Wildman–Crippen LogP) is 2.11. The lowest BCUT2D eigenvalue weighted by atomic mass is 10.0. The number of likely N-dealkylation sites (tertiary alicyclic amines) is 1. The summed E-state index contributed by atoms with van der Waals surface area (Å²) < 4.78 is 0. The molecule has 2 rings (SSSR count). The van der Waals surface area contributed by atoms with Gasteiger partial charge in [-0.2, -0.15) is 0 Å². The highest BCUT2D eigenvalue weighted by Crippen LogP contribution is 2.13. The normalized spacial score (nSPS) is 19.9. The van der Waals surface area contributed by atoms with Gasteiger partial charge in [0.15, 0.2) is 0 Å². The van der Waals surface area contributed by atoms with Crippen molar-refractivity contribution in [3.8, 4) is 0 Å². The quantitative estimate of drug-likeness (QED) is 0.749. The first-order chi connectivity index (χ1) is 9.74.